The molecule has 1 heterocycles. The Morgan fingerprint density at radius 2 is 2.22 bits per heavy atom. The molecule has 1 aromatic heterocycles. The number of nitrogens with zero attached hydrogens (tertiary/aromatic N) is 3. The van der Waals surface area contributed by atoms with Crippen LogP contribution in [0, 0.1) is 15.9 Å². The molecular weight excluding hydrogens is 244 g/mol. The Bertz CT molecular complexity index is 583. The molecule has 18 heavy (non-hydrogen) atoms. The molecule has 0 amide bonds. The van der Waals surface area contributed by atoms with Gasteiger partial charge < -0.3 is 0 Å². The molecule has 0 saturated heterocycles. The van der Waals surface area contributed by atoms with Crippen LogP contribution in [0.5, 0.6) is 0 Å². The van der Waals surface area contributed by atoms with Crippen LogP contribution in [0.4, 0.5) is 14.5 Å². The minimum Gasteiger partial charge on any atom is -0.261 e. The summed E-state index contributed by atoms with van der Waals surface area (Å²) in [4.78, 5) is 9.88. The summed E-state index contributed by atoms with van der Waals surface area (Å²) in [6.45, 7) is -0.837. The van der Waals surface area contributed by atoms with E-state index in [2.05, 4.69) is 5.10 Å². The van der Waals surface area contributed by atoms with E-state index in [-0.39, 0.29) is 23.4 Å². The summed E-state index contributed by atoms with van der Waals surface area (Å²) >= 11 is 0. The van der Waals surface area contributed by atoms with E-state index in [4.69, 9.17) is 0 Å². The standard InChI is InChI=1S/C11H9F2N3O2/c12-4-8-2-1-3-11(13)10(8)7-15-6-9(5-14-15)16(17)18/h1-3,5-6H,4,7H2. The highest BCUT2D eigenvalue weighted by atomic mass is 19.1. The van der Waals surface area contributed by atoms with Crippen LogP contribution in [0.2, 0.25) is 0 Å². The molecule has 94 valence electrons. The normalized spacial score (nSPS) is 10.6. The Balaban J connectivity index is 2.30. The maximum absolute atomic E-state index is 13.5. The van der Waals surface area contributed by atoms with Crippen molar-refractivity contribution in [2.24, 2.45) is 0 Å². The van der Waals surface area contributed by atoms with Gasteiger partial charge in [0.05, 0.1) is 11.5 Å². The fourth-order valence-corrected chi connectivity index (χ4v) is 1.60. The molecule has 0 aliphatic rings. The highest BCUT2D eigenvalue weighted by Crippen LogP contribution is 2.17. The van der Waals surface area contributed by atoms with E-state index in [0.717, 1.165) is 6.20 Å². The van der Waals surface area contributed by atoms with Gasteiger partial charge in [0, 0.05) is 5.56 Å². The van der Waals surface area contributed by atoms with Crippen molar-refractivity contribution in [3.05, 3.63) is 57.7 Å². The Morgan fingerprint density at radius 3 is 2.83 bits per heavy atom. The van der Waals surface area contributed by atoms with Crippen LogP contribution in [-0.2, 0) is 13.2 Å². The first-order valence-corrected chi connectivity index (χ1v) is 5.11. The average molecular weight is 253 g/mol. The third-order valence-electron chi connectivity index (χ3n) is 2.51. The van der Waals surface area contributed by atoms with E-state index >= 15 is 0 Å². The van der Waals surface area contributed by atoms with Gasteiger partial charge >= 0.3 is 5.69 Å². The molecule has 0 aliphatic heterocycles. The van der Waals surface area contributed by atoms with Crippen LogP contribution in [0.15, 0.2) is 30.6 Å². The maximum Gasteiger partial charge on any atom is 0.307 e. The van der Waals surface area contributed by atoms with Crippen LogP contribution in [0.3, 0.4) is 0 Å². The summed E-state index contributed by atoms with van der Waals surface area (Å²) in [7, 11) is 0. The van der Waals surface area contributed by atoms with Crippen LogP contribution in [-0.4, -0.2) is 14.7 Å². The topological polar surface area (TPSA) is 61.0 Å². The summed E-state index contributed by atoms with van der Waals surface area (Å²) < 4.78 is 27.4. The minimum absolute atomic E-state index is 0.0419. The molecule has 0 bridgehead atoms. The predicted molar refractivity (Wildman–Crippen MR) is 59.2 cm³/mol. The first-order chi connectivity index (χ1) is 8.61. The van der Waals surface area contributed by atoms with Crippen molar-refractivity contribution in [1.29, 1.82) is 0 Å². The van der Waals surface area contributed by atoms with Crippen molar-refractivity contribution in [1.82, 2.24) is 9.78 Å². The zero-order valence-corrected chi connectivity index (χ0v) is 9.22. The van der Waals surface area contributed by atoms with E-state index in [1.807, 2.05) is 0 Å². The molecule has 1 aromatic carbocycles. The van der Waals surface area contributed by atoms with Crippen molar-refractivity contribution in [2.75, 3.05) is 0 Å². The predicted octanol–water partition coefficient (Wildman–Crippen LogP) is 2.45. The number of halogens is 2. The second-order valence-corrected chi connectivity index (χ2v) is 3.66. The summed E-state index contributed by atoms with van der Waals surface area (Å²) in [6.07, 6.45) is 2.24. The monoisotopic (exact) mass is 253 g/mol. The molecule has 0 N–H and O–H groups in total. The first kappa shape index (κ1) is 12.2. The van der Waals surface area contributed by atoms with Crippen LogP contribution >= 0.6 is 0 Å². The molecule has 0 fully saturated rings. The van der Waals surface area contributed by atoms with Gasteiger partial charge in [0.2, 0.25) is 0 Å². The van der Waals surface area contributed by atoms with Gasteiger partial charge in [-0.25, -0.2) is 8.78 Å². The lowest BCUT2D eigenvalue weighted by molar-refractivity contribution is -0.385. The Hall–Kier alpha value is -2.31. The maximum atomic E-state index is 13.5. The third-order valence-corrected chi connectivity index (χ3v) is 2.51. The number of rotatable bonds is 4. The lowest BCUT2D eigenvalue weighted by Crippen LogP contribution is -2.05. The third kappa shape index (κ3) is 2.34. The van der Waals surface area contributed by atoms with E-state index in [9.17, 15) is 18.9 Å². The van der Waals surface area contributed by atoms with E-state index in [1.54, 1.807) is 0 Å². The van der Waals surface area contributed by atoms with Gasteiger partial charge in [0.1, 0.15) is 24.9 Å². The smallest absolute Gasteiger partial charge is 0.261 e. The van der Waals surface area contributed by atoms with Crippen LogP contribution in [0.1, 0.15) is 11.1 Å². The fourth-order valence-electron chi connectivity index (χ4n) is 1.60. The summed E-state index contributed by atoms with van der Waals surface area (Å²) in [5.74, 6) is -0.552. The fraction of sp³-hybridized carbons (Fsp3) is 0.182. The lowest BCUT2D eigenvalue weighted by atomic mass is 10.1. The molecule has 0 radical (unpaired) electrons. The quantitative estimate of drug-likeness (QED) is 0.621. The molecule has 0 aliphatic carbocycles. The minimum atomic E-state index is -0.795. The van der Waals surface area contributed by atoms with Gasteiger partial charge in [-0.1, -0.05) is 12.1 Å². The largest absolute Gasteiger partial charge is 0.307 e. The van der Waals surface area contributed by atoms with Crippen molar-refractivity contribution >= 4 is 5.69 Å². The molecule has 2 rings (SSSR count). The molecule has 0 spiro atoms. The summed E-state index contributed by atoms with van der Waals surface area (Å²) in [6, 6.07) is 4.10. The van der Waals surface area contributed by atoms with Gasteiger partial charge in [-0.05, 0) is 11.6 Å². The van der Waals surface area contributed by atoms with Gasteiger partial charge in [-0.3, -0.25) is 14.8 Å². The second kappa shape index (κ2) is 4.91. The number of alkyl halides is 1. The van der Waals surface area contributed by atoms with Crippen LogP contribution < -0.4 is 0 Å². The Labute approximate surface area is 101 Å². The zero-order chi connectivity index (χ0) is 13.1. The van der Waals surface area contributed by atoms with E-state index in [1.165, 1.54) is 29.1 Å². The van der Waals surface area contributed by atoms with Crippen molar-refractivity contribution in [3.8, 4) is 0 Å². The number of hydrogen-bond donors (Lipinski definition) is 0. The number of nitro groups is 1. The van der Waals surface area contributed by atoms with Crippen molar-refractivity contribution in [2.45, 2.75) is 13.2 Å². The number of hydrogen-bond acceptors (Lipinski definition) is 3. The Morgan fingerprint density at radius 1 is 1.44 bits per heavy atom. The van der Waals surface area contributed by atoms with Gasteiger partial charge in [0.25, 0.3) is 0 Å². The van der Waals surface area contributed by atoms with Gasteiger partial charge in [0.15, 0.2) is 0 Å². The van der Waals surface area contributed by atoms with Crippen LogP contribution in [0.25, 0.3) is 0 Å². The van der Waals surface area contributed by atoms with E-state index in [0.29, 0.717) is 0 Å². The highest BCUT2D eigenvalue weighted by Gasteiger charge is 2.13. The van der Waals surface area contributed by atoms with Gasteiger partial charge in [-0.15, -0.1) is 0 Å². The SMILES string of the molecule is O=[N+]([O-])c1cnn(Cc2c(F)cccc2CF)c1. The number of aromatic nitrogens is 2. The molecule has 0 atom stereocenters. The Kier molecular flexibility index (Phi) is 3.31. The van der Waals surface area contributed by atoms with Crippen molar-refractivity contribution in [3.63, 3.8) is 0 Å². The summed E-state index contributed by atoms with van der Waals surface area (Å²) in [5.41, 5.74) is 0.180. The molecule has 5 nitrogen and oxygen atoms in total. The zero-order valence-electron chi connectivity index (χ0n) is 9.22. The highest BCUT2D eigenvalue weighted by molar-refractivity contribution is 5.29. The molecule has 0 saturated carbocycles. The van der Waals surface area contributed by atoms with E-state index < -0.39 is 17.4 Å². The lowest BCUT2D eigenvalue weighted by Gasteiger charge is -2.07. The molecule has 7 heteroatoms. The van der Waals surface area contributed by atoms with Gasteiger partial charge in [-0.2, -0.15) is 5.10 Å². The number of benzene rings is 1. The van der Waals surface area contributed by atoms with Crippen molar-refractivity contribution < 1.29 is 13.7 Å². The summed E-state index contributed by atoms with van der Waals surface area (Å²) in [5, 5.41) is 14.2. The molecule has 0 unspecified atom stereocenters. The molecule has 2 aromatic rings. The average Bonchev–Trinajstić information content (AvgIpc) is 2.80. The first-order valence-electron chi connectivity index (χ1n) is 5.11. The second-order valence-electron chi connectivity index (χ2n) is 3.66. The molecular formula is C11H9F2N3O2.